The fourth-order valence-electron chi connectivity index (χ4n) is 1.81. The third kappa shape index (κ3) is 3.16. The Morgan fingerprint density at radius 2 is 2.14 bits per heavy atom. The first-order valence-electron chi connectivity index (χ1n) is 6.34. The van der Waals surface area contributed by atoms with E-state index in [1.165, 1.54) is 7.11 Å². The van der Waals surface area contributed by atoms with Gasteiger partial charge in [-0.25, -0.2) is 0 Å². The van der Waals surface area contributed by atoms with E-state index in [0.29, 0.717) is 22.2 Å². The highest BCUT2D eigenvalue weighted by molar-refractivity contribution is 6.30. The summed E-state index contributed by atoms with van der Waals surface area (Å²) in [6, 6.07) is 5.07. The number of hydrogen-bond donors (Lipinski definition) is 1. The molecule has 0 bridgehead atoms. The highest BCUT2D eigenvalue weighted by atomic mass is 35.5. The van der Waals surface area contributed by atoms with Crippen LogP contribution in [0.4, 0.5) is 0 Å². The summed E-state index contributed by atoms with van der Waals surface area (Å²) >= 11 is 5.91. The van der Waals surface area contributed by atoms with Gasteiger partial charge in [-0.15, -0.1) is 0 Å². The summed E-state index contributed by atoms with van der Waals surface area (Å²) in [4.78, 5) is 15.3. The first-order valence-corrected chi connectivity index (χ1v) is 6.72. The highest BCUT2D eigenvalue weighted by Gasteiger charge is 2.26. The Hall–Kier alpha value is -2.08. The molecular formula is C14H15ClN2O4. The molecule has 0 saturated carbocycles. The molecule has 7 heteroatoms. The topological polar surface area (TPSA) is 85.5 Å². The molecule has 1 aromatic carbocycles. The predicted molar refractivity (Wildman–Crippen MR) is 76.5 cm³/mol. The van der Waals surface area contributed by atoms with Crippen molar-refractivity contribution in [3.05, 3.63) is 29.1 Å². The molecule has 0 aliphatic carbocycles. The van der Waals surface area contributed by atoms with Crippen molar-refractivity contribution in [1.82, 2.24) is 10.1 Å². The molecule has 0 fully saturated rings. The summed E-state index contributed by atoms with van der Waals surface area (Å²) in [5.41, 5.74) is 0.632. The zero-order valence-electron chi connectivity index (χ0n) is 11.8. The van der Waals surface area contributed by atoms with Gasteiger partial charge in [0.2, 0.25) is 11.7 Å². The largest absolute Gasteiger partial charge is 0.496 e. The van der Waals surface area contributed by atoms with E-state index in [1.54, 1.807) is 32.0 Å². The molecule has 0 aliphatic heterocycles. The Kier molecular flexibility index (Phi) is 4.47. The Labute approximate surface area is 126 Å². The fourth-order valence-corrected chi connectivity index (χ4v) is 1.97. The second-order valence-electron chi connectivity index (χ2n) is 4.72. The first kappa shape index (κ1) is 15.3. The van der Waals surface area contributed by atoms with Gasteiger partial charge in [0, 0.05) is 10.9 Å². The van der Waals surface area contributed by atoms with Gasteiger partial charge in [0.15, 0.2) is 0 Å². The highest BCUT2D eigenvalue weighted by Crippen LogP contribution is 2.32. The zero-order chi connectivity index (χ0) is 15.6. The molecule has 21 heavy (non-hydrogen) atoms. The SMILES string of the molecule is COc1cc(Cl)ccc1-c1noc(C(C)C(C)C(=O)O)n1. The molecule has 1 N–H and O–H groups in total. The molecule has 0 amide bonds. The van der Waals surface area contributed by atoms with Crippen LogP contribution in [-0.2, 0) is 4.79 Å². The molecule has 6 nitrogen and oxygen atoms in total. The Bertz CT molecular complexity index is 656. The van der Waals surface area contributed by atoms with Crippen LogP contribution >= 0.6 is 11.6 Å². The molecule has 2 rings (SSSR count). The van der Waals surface area contributed by atoms with Gasteiger partial charge in [0.25, 0.3) is 0 Å². The van der Waals surface area contributed by atoms with Gasteiger partial charge in [0.05, 0.1) is 18.6 Å². The number of methoxy groups -OCH3 is 1. The van der Waals surface area contributed by atoms with E-state index in [-0.39, 0.29) is 11.8 Å². The minimum atomic E-state index is -0.911. The normalized spacial score (nSPS) is 13.7. The Balaban J connectivity index is 2.34. The molecule has 0 aliphatic rings. The molecular weight excluding hydrogens is 296 g/mol. The molecule has 2 atom stereocenters. The molecule has 1 heterocycles. The van der Waals surface area contributed by atoms with Crippen molar-refractivity contribution in [2.45, 2.75) is 19.8 Å². The summed E-state index contributed by atoms with van der Waals surface area (Å²) in [5, 5.41) is 13.4. The van der Waals surface area contributed by atoms with E-state index in [4.69, 9.17) is 26.0 Å². The number of nitrogens with zero attached hydrogens (tertiary/aromatic N) is 2. The average molecular weight is 311 g/mol. The lowest BCUT2D eigenvalue weighted by Crippen LogP contribution is -2.16. The van der Waals surface area contributed by atoms with Crippen molar-refractivity contribution in [3.63, 3.8) is 0 Å². The van der Waals surface area contributed by atoms with Gasteiger partial charge in [-0.3, -0.25) is 4.79 Å². The Morgan fingerprint density at radius 1 is 1.43 bits per heavy atom. The molecule has 2 aromatic rings. The number of aromatic nitrogens is 2. The van der Waals surface area contributed by atoms with Gasteiger partial charge in [-0.05, 0) is 18.2 Å². The lowest BCUT2D eigenvalue weighted by Gasteiger charge is -2.10. The molecule has 0 radical (unpaired) electrons. The van der Waals surface area contributed by atoms with E-state index in [0.717, 1.165) is 0 Å². The monoisotopic (exact) mass is 310 g/mol. The summed E-state index contributed by atoms with van der Waals surface area (Å²) < 4.78 is 10.4. The van der Waals surface area contributed by atoms with Crippen LogP contribution in [0.3, 0.4) is 0 Å². The maximum Gasteiger partial charge on any atom is 0.307 e. The van der Waals surface area contributed by atoms with Crippen molar-refractivity contribution in [1.29, 1.82) is 0 Å². The maximum atomic E-state index is 11.0. The van der Waals surface area contributed by atoms with Crippen LogP contribution in [0.15, 0.2) is 22.7 Å². The number of carboxylic acids is 1. The van der Waals surface area contributed by atoms with E-state index in [2.05, 4.69) is 10.1 Å². The second kappa shape index (κ2) is 6.13. The summed E-state index contributed by atoms with van der Waals surface area (Å²) in [6.45, 7) is 3.33. The van der Waals surface area contributed by atoms with Gasteiger partial charge in [-0.2, -0.15) is 4.98 Å². The molecule has 2 unspecified atom stereocenters. The summed E-state index contributed by atoms with van der Waals surface area (Å²) in [6.07, 6.45) is 0. The van der Waals surface area contributed by atoms with Crippen molar-refractivity contribution in [2.75, 3.05) is 7.11 Å². The van der Waals surface area contributed by atoms with Gasteiger partial charge < -0.3 is 14.4 Å². The van der Waals surface area contributed by atoms with Crippen LogP contribution in [0, 0.1) is 5.92 Å². The van der Waals surface area contributed by atoms with Gasteiger partial charge >= 0.3 is 5.97 Å². The number of benzene rings is 1. The number of carboxylic acid groups (broad SMARTS) is 1. The van der Waals surface area contributed by atoms with Crippen LogP contribution < -0.4 is 4.74 Å². The third-order valence-corrected chi connectivity index (χ3v) is 3.61. The molecule has 0 spiro atoms. The van der Waals surface area contributed by atoms with E-state index >= 15 is 0 Å². The number of aliphatic carboxylic acids is 1. The van der Waals surface area contributed by atoms with Crippen molar-refractivity contribution in [3.8, 4) is 17.1 Å². The predicted octanol–water partition coefficient (Wildman–Crippen LogP) is 3.22. The minimum Gasteiger partial charge on any atom is -0.496 e. The molecule has 0 saturated heterocycles. The number of carbonyl (C=O) groups is 1. The summed E-state index contributed by atoms with van der Waals surface area (Å²) in [5.74, 6) is -0.785. The fraction of sp³-hybridized carbons (Fsp3) is 0.357. The van der Waals surface area contributed by atoms with Gasteiger partial charge in [0.1, 0.15) is 5.75 Å². The van der Waals surface area contributed by atoms with Crippen LogP contribution in [0.2, 0.25) is 5.02 Å². The molecule has 112 valence electrons. The Morgan fingerprint density at radius 3 is 2.76 bits per heavy atom. The zero-order valence-corrected chi connectivity index (χ0v) is 12.6. The van der Waals surface area contributed by atoms with Gasteiger partial charge in [-0.1, -0.05) is 30.6 Å². The smallest absolute Gasteiger partial charge is 0.307 e. The van der Waals surface area contributed by atoms with E-state index in [9.17, 15) is 4.79 Å². The van der Waals surface area contributed by atoms with Crippen LogP contribution in [0.1, 0.15) is 25.7 Å². The first-order chi connectivity index (χ1) is 9.93. The standard InChI is InChI=1S/C14H15ClN2O4/c1-7(8(2)14(18)19)13-16-12(17-21-13)10-5-4-9(15)6-11(10)20-3/h4-8H,1-3H3,(H,18,19). The van der Waals surface area contributed by atoms with Crippen molar-refractivity contribution in [2.24, 2.45) is 5.92 Å². The van der Waals surface area contributed by atoms with Crippen LogP contribution in [0.25, 0.3) is 11.4 Å². The van der Waals surface area contributed by atoms with Crippen LogP contribution in [-0.4, -0.2) is 28.3 Å². The number of halogens is 1. The van der Waals surface area contributed by atoms with Crippen LogP contribution in [0.5, 0.6) is 5.75 Å². The van der Waals surface area contributed by atoms with Crippen molar-refractivity contribution >= 4 is 17.6 Å². The lowest BCUT2D eigenvalue weighted by atomic mass is 9.96. The van der Waals surface area contributed by atoms with E-state index in [1.807, 2.05) is 0 Å². The van der Waals surface area contributed by atoms with Crippen molar-refractivity contribution < 1.29 is 19.2 Å². The second-order valence-corrected chi connectivity index (χ2v) is 5.15. The average Bonchev–Trinajstić information content (AvgIpc) is 2.94. The number of rotatable bonds is 5. The maximum absolute atomic E-state index is 11.0. The minimum absolute atomic E-state index is 0.275. The lowest BCUT2D eigenvalue weighted by molar-refractivity contribution is -0.141. The summed E-state index contributed by atoms with van der Waals surface area (Å²) in [7, 11) is 1.52. The quantitative estimate of drug-likeness (QED) is 0.912. The molecule has 1 aromatic heterocycles. The number of hydrogen-bond acceptors (Lipinski definition) is 5. The van der Waals surface area contributed by atoms with E-state index < -0.39 is 11.9 Å². The number of ether oxygens (including phenoxy) is 1. The third-order valence-electron chi connectivity index (χ3n) is 3.38.